The molecule has 2 aromatic heterocycles. The molecule has 0 radical (unpaired) electrons. The Balaban J connectivity index is 2.31. The predicted molar refractivity (Wildman–Crippen MR) is 75.6 cm³/mol. The van der Waals surface area contributed by atoms with E-state index in [0.717, 1.165) is 10.0 Å². The lowest BCUT2D eigenvalue weighted by atomic mass is 10.3. The molecular formula is C12H13N3O2S2. The van der Waals surface area contributed by atoms with Gasteiger partial charge in [-0.3, -0.25) is 0 Å². The summed E-state index contributed by atoms with van der Waals surface area (Å²) in [5, 5.41) is 2.51. The molecule has 0 aliphatic heterocycles. The average Bonchev–Trinajstić information content (AvgIpc) is 2.77. The Morgan fingerprint density at radius 3 is 3.00 bits per heavy atom. The maximum Gasteiger partial charge on any atom is 0.340 e. The fourth-order valence-electron chi connectivity index (χ4n) is 1.37. The van der Waals surface area contributed by atoms with E-state index >= 15 is 0 Å². The topological polar surface area (TPSA) is 78.1 Å². The van der Waals surface area contributed by atoms with E-state index in [0.29, 0.717) is 22.9 Å². The number of anilines is 1. The highest BCUT2D eigenvalue weighted by Crippen LogP contribution is 2.32. The summed E-state index contributed by atoms with van der Waals surface area (Å²) < 4.78 is 5.84. The zero-order valence-electron chi connectivity index (χ0n) is 10.5. The van der Waals surface area contributed by atoms with Crippen molar-refractivity contribution in [2.75, 3.05) is 12.3 Å². The minimum Gasteiger partial charge on any atom is -0.462 e. The van der Waals surface area contributed by atoms with Crippen LogP contribution in [0.15, 0.2) is 27.0 Å². The Labute approximate surface area is 119 Å². The van der Waals surface area contributed by atoms with Crippen molar-refractivity contribution in [3.05, 3.63) is 28.9 Å². The molecule has 2 aromatic rings. The maximum absolute atomic E-state index is 11.9. The first kappa shape index (κ1) is 13.8. The van der Waals surface area contributed by atoms with Crippen LogP contribution in [0.4, 0.5) is 5.69 Å². The standard InChI is InChI=1S/C12H13N3O2S2/c1-3-17-11(16)9-4-8(13)5-14-10(9)19-12-15-7(2)6-18-12/h4-6H,3,13H2,1-2H3. The van der Waals surface area contributed by atoms with Gasteiger partial charge in [0.05, 0.1) is 24.1 Å². The number of nitrogen functional groups attached to an aromatic ring is 1. The Hall–Kier alpha value is -1.60. The molecule has 0 aliphatic rings. The molecular weight excluding hydrogens is 282 g/mol. The number of hydrogen-bond donors (Lipinski definition) is 1. The molecule has 2 rings (SSSR count). The summed E-state index contributed by atoms with van der Waals surface area (Å²) >= 11 is 2.85. The largest absolute Gasteiger partial charge is 0.462 e. The number of aromatic nitrogens is 2. The minimum atomic E-state index is -0.418. The molecule has 0 saturated carbocycles. The van der Waals surface area contributed by atoms with Gasteiger partial charge in [-0.2, -0.15) is 0 Å². The molecule has 0 bridgehead atoms. The van der Waals surface area contributed by atoms with Gasteiger partial charge >= 0.3 is 5.97 Å². The van der Waals surface area contributed by atoms with E-state index in [2.05, 4.69) is 9.97 Å². The second kappa shape index (κ2) is 6.03. The van der Waals surface area contributed by atoms with Crippen molar-refractivity contribution < 1.29 is 9.53 Å². The van der Waals surface area contributed by atoms with Crippen molar-refractivity contribution in [3.8, 4) is 0 Å². The van der Waals surface area contributed by atoms with Crippen LogP contribution in [-0.4, -0.2) is 22.5 Å². The predicted octanol–water partition coefficient (Wildman–Crippen LogP) is 2.76. The number of nitrogens with two attached hydrogens (primary N) is 1. The maximum atomic E-state index is 11.9. The van der Waals surface area contributed by atoms with Gasteiger partial charge in [0.1, 0.15) is 5.03 Å². The molecule has 0 aromatic carbocycles. The molecule has 0 saturated heterocycles. The van der Waals surface area contributed by atoms with Crippen LogP contribution in [0.3, 0.4) is 0 Å². The molecule has 5 nitrogen and oxygen atoms in total. The number of ether oxygens (including phenoxy) is 1. The average molecular weight is 295 g/mol. The molecule has 7 heteroatoms. The van der Waals surface area contributed by atoms with Crippen molar-refractivity contribution in [2.24, 2.45) is 0 Å². The molecule has 0 aliphatic carbocycles. The van der Waals surface area contributed by atoms with Gasteiger partial charge in [0.25, 0.3) is 0 Å². The van der Waals surface area contributed by atoms with E-state index in [1.54, 1.807) is 13.0 Å². The highest BCUT2D eigenvalue weighted by atomic mass is 32.2. The summed E-state index contributed by atoms with van der Waals surface area (Å²) in [5.41, 5.74) is 7.42. The first-order chi connectivity index (χ1) is 9.10. The van der Waals surface area contributed by atoms with Gasteiger partial charge in [0.15, 0.2) is 4.34 Å². The number of carbonyl (C=O) groups excluding carboxylic acids is 1. The summed E-state index contributed by atoms with van der Waals surface area (Å²) in [5.74, 6) is -0.418. The number of aryl methyl sites for hydroxylation is 1. The van der Waals surface area contributed by atoms with E-state index < -0.39 is 5.97 Å². The zero-order chi connectivity index (χ0) is 13.8. The molecule has 100 valence electrons. The summed E-state index contributed by atoms with van der Waals surface area (Å²) in [6.07, 6.45) is 1.52. The molecule has 2 N–H and O–H groups in total. The molecule has 2 heterocycles. The third kappa shape index (κ3) is 3.45. The van der Waals surface area contributed by atoms with Crippen LogP contribution in [-0.2, 0) is 4.74 Å². The molecule has 0 unspecified atom stereocenters. The fourth-order valence-corrected chi connectivity index (χ4v) is 3.17. The molecule has 0 amide bonds. The number of thiazole rings is 1. The summed E-state index contributed by atoms with van der Waals surface area (Å²) in [7, 11) is 0. The first-order valence-corrected chi connectivity index (χ1v) is 7.32. The number of esters is 1. The molecule has 19 heavy (non-hydrogen) atoms. The Morgan fingerprint density at radius 2 is 2.37 bits per heavy atom. The van der Waals surface area contributed by atoms with Gasteiger partial charge in [-0.15, -0.1) is 11.3 Å². The Kier molecular flexibility index (Phi) is 4.39. The number of hydrogen-bond acceptors (Lipinski definition) is 7. The highest BCUT2D eigenvalue weighted by Gasteiger charge is 2.16. The SMILES string of the molecule is CCOC(=O)c1cc(N)cnc1Sc1nc(C)cs1. The van der Waals surface area contributed by atoms with Crippen molar-refractivity contribution in [2.45, 2.75) is 23.2 Å². The third-order valence-corrected chi connectivity index (χ3v) is 4.22. The van der Waals surface area contributed by atoms with Crippen LogP contribution < -0.4 is 5.73 Å². The number of carbonyl (C=O) groups is 1. The van der Waals surface area contributed by atoms with Crippen LogP contribution in [0.2, 0.25) is 0 Å². The van der Waals surface area contributed by atoms with Crippen molar-refractivity contribution in [1.29, 1.82) is 0 Å². The quantitative estimate of drug-likeness (QED) is 0.874. The lowest BCUT2D eigenvalue weighted by molar-refractivity contribution is 0.0521. The summed E-state index contributed by atoms with van der Waals surface area (Å²) in [6.45, 7) is 3.99. The van der Waals surface area contributed by atoms with Gasteiger partial charge in [0.2, 0.25) is 0 Å². The van der Waals surface area contributed by atoms with Gasteiger partial charge in [-0.25, -0.2) is 14.8 Å². The van der Waals surface area contributed by atoms with Gasteiger partial charge in [-0.05, 0) is 31.7 Å². The monoisotopic (exact) mass is 295 g/mol. The second-order valence-corrected chi connectivity index (χ2v) is 5.79. The van der Waals surface area contributed by atoms with E-state index in [1.165, 1.54) is 29.3 Å². The third-order valence-electron chi connectivity index (χ3n) is 2.15. The first-order valence-electron chi connectivity index (χ1n) is 5.62. The van der Waals surface area contributed by atoms with Crippen molar-refractivity contribution in [1.82, 2.24) is 9.97 Å². The van der Waals surface area contributed by atoms with Crippen molar-refractivity contribution in [3.63, 3.8) is 0 Å². The smallest absolute Gasteiger partial charge is 0.340 e. The van der Waals surface area contributed by atoms with Crippen molar-refractivity contribution >= 4 is 34.8 Å². The normalized spacial score (nSPS) is 10.4. The van der Waals surface area contributed by atoms with E-state index in [-0.39, 0.29) is 0 Å². The summed E-state index contributed by atoms with van der Waals surface area (Å²) in [4.78, 5) is 20.4. The minimum absolute atomic E-state index is 0.314. The van der Waals surface area contributed by atoms with E-state index in [4.69, 9.17) is 10.5 Å². The Morgan fingerprint density at radius 1 is 1.58 bits per heavy atom. The Bertz CT molecular complexity index is 598. The number of nitrogens with zero attached hydrogens (tertiary/aromatic N) is 2. The van der Waals surface area contributed by atoms with Crippen LogP contribution in [0.1, 0.15) is 23.0 Å². The van der Waals surface area contributed by atoms with Gasteiger partial charge in [0, 0.05) is 11.1 Å². The fraction of sp³-hybridized carbons (Fsp3) is 0.250. The van der Waals surface area contributed by atoms with Crippen LogP contribution in [0.25, 0.3) is 0 Å². The highest BCUT2D eigenvalue weighted by molar-refractivity contribution is 8.01. The lowest BCUT2D eigenvalue weighted by Crippen LogP contribution is -2.08. The number of rotatable bonds is 4. The van der Waals surface area contributed by atoms with Gasteiger partial charge < -0.3 is 10.5 Å². The van der Waals surface area contributed by atoms with Crippen LogP contribution >= 0.6 is 23.1 Å². The van der Waals surface area contributed by atoms with E-state index in [1.807, 2.05) is 12.3 Å². The van der Waals surface area contributed by atoms with Crippen LogP contribution in [0, 0.1) is 6.92 Å². The molecule has 0 spiro atoms. The van der Waals surface area contributed by atoms with E-state index in [9.17, 15) is 4.79 Å². The number of pyridine rings is 1. The summed E-state index contributed by atoms with van der Waals surface area (Å²) in [6, 6.07) is 1.58. The van der Waals surface area contributed by atoms with Gasteiger partial charge in [-0.1, -0.05) is 0 Å². The molecule has 0 atom stereocenters. The lowest BCUT2D eigenvalue weighted by Gasteiger charge is -2.07. The van der Waals surface area contributed by atoms with Crippen LogP contribution in [0.5, 0.6) is 0 Å². The zero-order valence-corrected chi connectivity index (χ0v) is 12.2. The second-order valence-electron chi connectivity index (χ2n) is 3.70. The molecule has 0 fully saturated rings.